The summed E-state index contributed by atoms with van der Waals surface area (Å²) in [7, 11) is 0. The number of allylic oxidation sites excluding steroid dienone is 2. The zero-order chi connectivity index (χ0) is 23.3. The molecule has 4 unspecified atom stereocenters. The number of hydrogen-bond acceptors (Lipinski definition) is 0. The molecule has 2 saturated carbocycles. The van der Waals surface area contributed by atoms with Crippen LogP contribution in [0.5, 0.6) is 0 Å². The first kappa shape index (κ1) is 23.7. The van der Waals surface area contributed by atoms with Gasteiger partial charge in [-0.1, -0.05) is 42.5 Å². The molecule has 0 bridgehead atoms. The second-order valence-electron chi connectivity index (χ2n) is 9.80. The smallest absolute Gasteiger partial charge is 0.166 e. The van der Waals surface area contributed by atoms with Gasteiger partial charge in [0, 0.05) is 11.1 Å². The predicted molar refractivity (Wildman–Crippen MR) is 129 cm³/mol. The summed E-state index contributed by atoms with van der Waals surface area (Å²) in [5.74, 6) is 9.41. The molecule has 3 heteroatoms. The van der Waals surface area contributed by atoms with Crippen LogP contribution in [-0.2, 0) is 6.18 Å². The molecule has 0 aliphatic heterocycles. The summed E-state index contributed by atoms with van der Waals surface area (Å²) in [6.07, 6.45) is 10.9. The number of alkyl halides is 3. The van der Waals surface area contributed by atoms with Gasteiger partial charge in [-0.25, -0.2) is 0 Å². The maximum atomic E-state index is 12.7. The summed E-state index contributed by atoms with van der Waals surface area (Å²) in [5.41, 5.74) is 2.25. The molecule has 33 heavy (non-hydrogen) atoms. The lowest BCUT2D eigenvalue weighted by Gasteiger charge is -2.42. The maximum Gasteiger partial charge on any atom is 0.416 e. The highest BCUT2D eigenvalue weighted by atomic mass is 19.4. The van der Waals surface area contributed by atoms with Gasteiger partial charge in [-0.05, 0) is 118 Å². The van der Waals surface area contributed by atoms with Crippen LogP contribution in [0.15, 0.2) is 60.7 Å². The lowest BCUT2D eigenvalue weighted by atomic mass is 9.63. The van der Waals surface area contributed by atoms with Crippen molar-refractivity contribution in [3.05, 3.63) is 82.9 Å². The van der Waals surface area contributed by atoms with E-state index in [1.54, 1.807) is 0 Å². The van der Waals surface area contributed by atoms with E-state index in [-0.39, 0.29) is 0 Å². The molecule has 4 atom stereocenters. The Balaban J connectivity index is 1.32. The van der Waals surface area contributed by atoms with E-state index in [0.29, 0.717) is 11.5 Å². The van der Waals surface area contributed by atoms with Crippen molar-refractivity contribution in [1.82, 2.24) is 0 Å². The molecule has 2 aliphatic carbocycles. The molecule has 174 valence electrons. The minimum atomic E-state index is -4.31. The third-order valence-electron chi connectivity index (χ3n) is 7.64. The van der Waals surface area contributed by atoms with E-state index in [9.17, 15) is 13.2 Å². The van der Waals surface area contributed by atoms with Crippen LogP contribution in [-0.4, -0.2) is 0 Å². The standard InChI is InChI=1S/C30H33F3/c1-2-3-4-5-24-10-15-28-21-27(17-16-26(28)20-24)25-13-8-22(9-14-25)6-7-23-11-18-29(19-12-23)30(31,32)33/h2-3,8-9,11-14,18-19,24,26-28H,4-5,10,15-17,20-21H2,1H3/b3-2+. The average Bonchev–Trinajstić information content (AvgIpc) is 2.82. The largest absolute Gasteiger partial charge is 0.416 e. The van der Waals surface area contributed by atoms with Crippen molar-refractivity contribution in [2.24, 2.45) is 17.8 Å². The van der Waals surface area contributed by atoms with Crippen molar-refractivity contribution >= 4 is 0 Å². The van der Waals surface area contributed by atoms with Gasteiger partial charge in [-0.3, -0.25) is 0 Å². The molecule has 2 aromatic rings. The molecule has 2 fully saturated rings. The highest BCUT2D eigenvalue weighted by Gasteiger charge is 2.35. The average molecular weight is 451 g/mol. The van der Waals surface area contributed by atoms with E-state index in [1.165, 1.54) is 69.1 Å². The molecule has 2 aliphatic rings. The highest BCUT2D eigenvalue weighted by molar-refractivity contribution is 5.44. The fourth-order valence-corrected chi connectivity index (χ4v) is 5.78. The first-order valence-electron chi connectivity index (χ1n) is 12.3. The van der Waals surface area contributed by atoms with Crippen molar-refractivity contribution in [3.63, 3.8) is 0 Å². The zero-order valence-electron chi connectivity index (χ0n) is 19.4. The molecule has 0 saturated heterocycles. The summed E-state index contributed by atoms with van der Waals surface area (Å²) in [6.45, 7) is 2.11. The summed E-state index contributed by atoms with van der Waals surface area (Å²) in [4.78, 5) is 0. The number of hydrogen-bond donors (Lipinski definition) is 0. The predicted octanol–water partition coefficient (Wildman–Crippen LogP) is 8.76. The molecule has 0 aromatic heterocycles. The summed E-state index contributed by atoms with van der Waals surface area (Å²) >= 11 is 0. The summed E-state index contributed by atoms with van der Waals surface area (Å²) in [5, 5.41) is 0. The quantitative estimate of drug-likeness (QED) is 0.323. The Hall–Kier alpha value is -2.47. The van der Waals surface area contributed by atoms with Crippen LogP contribution in [0, 0.1) is 29.6 Å². The SMILES string of the molecule is C/C=C/CCC1CCC2CC(c3ccc(C#Cc4ccc(C(F)(F)F)cc4)cc3)CCC2C1. The van der Waals surface area contributed by atoms with Crippen LogP contribution in [0.3, 0.4) is 0 Å². The molecule has 0 amide bonds. The van der Waals surface area contributed by atoms with Crippen molar-refractivity contribution in [1.29, 1.82) is 0 Å². The van der Waals surface area contributed by atoms with Gasteiger partial charge in [-0.15, -0.1) is 0 Å². The zero-order valence-corrected chi connectivity index (χ0v) is 19.4. The maximum absolute atomic E-state index is 12.7. The highest BCUT2D eigenvalue weighted by Crippen LogP contribution is 2.48. The molecule has 0 spiro atoms. The van der Waals surface area contributed by atoms with Gasteiger partial charge < -0.3 is 0 Å². The Morgan fingerprint density at radius 3 is 2.06 bits per heavy atom. The Morgan fingerprint density at radius 1 is 0.818 bits per heavy atom. The van der Waals surface area contributed by atoms with Crippen LogP contribution in [0.1, 0.15) is 86.5 Å². The van der Waals surface area contributed by atoms with Crippen molar-refractivity contribution in [2.75, 3.05) is 0 Å². The van der Waals surface area contributed by atoms with E-state index in [2.05, 4.69) is 55.2 Å². The molecular weight excluding hydrogens is 417 g/mol. The third kappa shape index (κ3) is 6.32. The van der Waals surface area contributed by atoms with Crippen LogP contribution in [0.25, 0.3) is 0 Å². The molecule has 0 nitrogen and oxygen atoms in total. The first-order valence-corrected chi connectivity index (χ1v) is 12.3. The lowest BCUT2D eigenvalue weighted by molar-refractivity contribution is -0.137. The van der Waals surface area contributed by atoms with E-state index < -0.39 is 11.7 Å². The fourth-order valence-electron chi connectivity index (χ4n) is 5.78. The van der Waals surface area contributed by atoms with E-state index in [4.69, 9.17) is 0 Å². The van der Waals surface area contributed by atoms with E-state index in [0.717, 1.165) is 35.4 Å². The monoisotopic (exact) mass is 450 g/mol. The molecule has 0 N–H and O–H groups in total. The Morgan fingerprint density at radius 2 is 1.42 bits per heavy atom. The minimum Gasteiger partial charge on any atom is -0.166 e. The number of halogens is 3. The molecular formula is C30H33F3. The Kier molecular flexibility index (Phi) is 7.63. The second-order valence-corrected chi connectivity index (χ2v) is 9.80. The second kappa shape index (κ2) is 10.6. The molecule has 2 aromatic carbocycles. The summed E-state index contributed by atoms with van der Waals surface area (Å²) < 4.78 is 38.1. The molecule has 0 heterocycles. The van der Waals surface area contributed by atoms with Gasteiger partial charge in [0.05, 0.1) is 5.56 Å². The van der Waals surface area contributed by atoms with Gasteiger partial charge in [0.15, 0.2) is 0 Å². The third-order valence-corrected chi connectivity index (χ3v) is 7.64. The minimum absolute atomic E-state index is 0.590. The van der Waals surface area contributed by atoms with E-state index >= 15 is 0 Å². The van der Waals surface area contributed by atoms with E-state index in [1.807, 2.05) is 0 Å². The Bertz CT molecular complexity index is 986. The van der Waals surface area contributed by atoms with Crippen LogP contribution >= 0.6 is 0 Å². The van der Waals surface area contributed by atoms with Crippen molar-refractivity contribution < 1.29 is 13.2 Å². The number of fused-ring (bicyclic) bond motifs is 1. The number of benzene rings is 2. The topological polar surface area (TPSA) is 0 Å². The normalized spacial score (nSPS) is 25.3. The van der Waals surface area contributed by atoms with Crippen LogP contribution < -0.4 is 0 Å². The van der Waals surface area contributed by atoms with Gasteiger partial charge in [0.2, 0.25) is 0 Å². The van der Waals surface area contributed by atoms with Gasteiger partial charge in [-0.2, -0.15) is 13.2 Å². The van der Waals surface area contributed by atoms with Gasteiger partial charge in [0.25, 0.3) is 0 Å². The molecule has 0 radical (unpaired) electrons. The fraction of sp³-hybridized carbons (Fsp3) is 0.467. The van der Waals surface area contributed by atoms with Crippen LogP contribution in [0.4, 0.5) is 13.2 Å². The molecule has 4 rings (SSSR count). The van der Waals surface area contributed by atoms with Gasteiger partial charge >= 0.3 is 6.18 Å². The Labute approximate surface area is 196 Å². The first-order chi connectivity index (χ1) is 15.9. The van der Waals surface area contributed by atoms with Crippen molar-refractivity contribution in [2.45, 2.75) is 70.4 Å². The van der Waals surface area contributed by atoms with Crippen molar-refractivity contribution in [3.8, 4) is 11.8 Å². The lowest BCUT2D eigenvalue weighted by Crippen LogP contribution is -2.30. The number of rotatable bonds is 4. The van der Waals surface area contributed by atoms with Gasteiger partial charge in [0.1, 0.15) is 0 Å². The summed E-state index contributed by atoms with van der Waals surface area (Å²) in [6, 6.07) is 13.5. The van der Waals surface area contributed by atoms with Crippen LogP contribution in [0.2, 0.25) is 0 Å².